The molecular formula is C11H19N3O2S2. The number of hydrogen-bond acceptors (Lipinski definition) is 5. The van der Waals surface area contributed by atoms with Crippen molar-refractivity contribution in [2.45, 2.75) is 18.2 Å². The molecule has 0 saturated carbocycles. The van der Waals surface area contributed by atoms with Crippen LogP contribution in [0.3, 0.4) is 0 Å². The molecule has 1 rings (SSSR count). The Morgan fingerprint density at radius 2 is 2.22 bits per heavy atom. The first-order valence-electron chi connectivity index (χ1n) is 5.78. The summed E-state index contributed by atoms with van der Waals surface area (Å²) in [6.45, 7) is 3.10. The maximum absolute atomic E-state index is 12.0. The molecule has 0 aliphatic carbocycles. The minimum Gasteiger partial charge on any atom is -0.370 e. The van der Waals surface area contributed by atoms with Crippen LogP contribution in [0.4, 0.5) is 5.82 Å². The standard InChI is InChI=1S/C11H19N3O2S2/c1-3-12-11-9-10(5-7-13-11)18(15,16)14-6-4-8-17-2/h5,7,9,14H,3-4,6,8H2,1-2H3,(H,12,13). The number of aromatic nitrogens is 1. The highest BCUT2D eigenvalue weighted by molar-refractivity contribution is 7.98. The van der Waals surface area contributed by atoms with Crippen molar-refractivity contribution in [1.29, 1.82) is 0 Å². The molecule has 0 amide bonds. The maximum atomic E-state index is 12.0. The van der Waals surface area contributed by atoms with Gasteiger partial charge < -0.3 is 5.32 Å². The van der Waals surface area contributed by atoms with Gasteiger partial charge in [0.1, 0.15) is 5.82 Å². The summed E-state index contributed by atoms with van der Waals surface area (Å²) >= 11 is 1.70. The van der Waals surface area contributed by atoms with Crippen LogP contribution in [-0.2, 0) is 10.0 Å². The summed E-state index contributed by atoms with van der Waals surface area (Å²) in [4.78, 5) is 4.29. The minimum absolute atomic E-state index is 0.248. The van der Waals surface area contributed by atoms with E-state index < -0.39 is 10.0 Å². The van der Waals surface area contributed by atoms with Crippen molar-refractivity contribution >= 4 is 27.6 Å². The lowest BCUT2D eigenvalue weighted by Gasteiger charge is -2.08. The summed E-state index contributed by atoms with van der Waals surface area (Å²) in [5.41, 5.74) is 0. The SMILES string of the molecule is CCNc1cc(S(=O)(=O)NCCCSC)ccn1. The normalized spacial score (nSPS) is 11.4. The number of pyridine rings is 1. The summed E-state index contributed by atoms with van der Waals surface area (Å²) in [6.07, 6.45) is 4.32. The minimum atomic E-state index is -3.42. The molecule has 0 aromatic carbocycles. The van der Waals surface area contributed by atoms with Gasteiger partial charge in [0.25, 0.3) is 0 Å². The van der Waals surface area contributed by atoms with Crippen LogP contribution in [0.15, 0.2) is 23.2 Å². The summed E-state index contributed by atoms with van der Waals surface area (Å²) < 4.78 is 26.5. The molecular weight excluding hydrogens is 270 g/mol. The number of rotatable bonds is 8. The van der Waals surface area contributed by atoms with E-state index in [1.165, 1.54) is 12.3 Å². The van der Waals surface area contributed by atoms with Gasteiger partial charge in [-0.1, -0.05) is 0 Å². The first-order chi connectivity index (χ1) is 8.60. The molecule has 0 fully saturated rings. The van der Waals surface area contributed by atoms with Crippen LogP contribution in [0, 0.1) is 0 Å². The van der Waals surface area contributed by atoms with E-state index in [0.29, 0.717) is 18.9 Å². The third kappa shape index (κ3) is 4.83. The van der Waals surface area contributed by atoms with Crippen molar-refractivity contribution in [1.82, 2.24) is 9.71 Å². The third-order valence-electron chi connectivity index (χ3n) is 2.22. The molecule has 7 heteroatoms. The van der Waals surface area contributed by atoms with Crippen LogP contribution in [-0.4, -0.2) is 38.5 Å². The molecule has 0 aliphatic heterocycles. The summed E-state index contributed by atoms with van der Waals surface area (Å²) in [5.74, 6) is 1.52. The zero-order valence-corrected chi connectivity index (χ0v) is 12.3. The van der Waals surface area contributed by atoms with E-state index in [1.54, 1.807) is 17.8 Å². The van der Waals surface area contributed by atoms with E-state index in [4.69, 9.17) is 0 Å². The summed E-state index contributed by atoms with van der Waals surface area (Å²) in [7, 11) is -3.42. The van der Waals surface area contributed by atoms with Crippen LogP contribution in [0.5, 0.6) is 0 Å². The van der Waals surface area contributed by atoms with E-state index in [9.17, 15) is 8.42 Å². The van der Waals surface area contributed by atoms with Crippen molar-refractivity contribution in [2.75, 3.05) is 30.4 Å². The van der Waals surface area contributed by atoms with E-state index in [-0.39, 0.29) is 4.90 Å². The van der Waals surface area contributed by atoms with Crippen LogP contribution >= 0.6 is 11.8 Å². The van der Waals surface area contributed by atoms with Gasteiger partial charge in [-0.3, -0.25) is 0 Å². The zero-order chi connectivity index (χ0) is 13.4. The quantitative estimate of drug-likeness (QED) is 0.710. The van der Waals surface area contributed by atoms with Crippen molar-refractivity contribution in [3.05, 3.63) is 18.3 Å². The highest BCUT2D eigenvalue weighted by Crippen LogP contribution is 2.12. The Balaban J connectivity index is 2.69. The Morgan fingerprint density at radius 3 is 2.89 bits per heavy atom. The average Bonchev–Trinajstić information content (AvgIpc) is 2.36. The second-order valence-electron chi connectivity index (χ2n) is 3.65. The number of sulfonamides is 1. The van der Waals surface area contributed by atoms with E-state index in [0.717, 1.165) is 12.2 Å². The fourth-order valence-electron chi connectivity index (χ4n) is 1.36. The molecule has 1 aromatic heterocycles. The van der Waals surface area contributed by atoms with Crippen molar-refractivity contribution < 1.29 is 8.42 Å². The number of thioether (sulfide) groups is 1. The Morgan fingerprint density at radius 1 is 1.44 bits per heavy atom. The molecule has 0 spiro atoms. The number of anilines is 1. The first kappa shape index (κ1) is 15.3. The monoisotopic (exact) mass is 289 g/mol. The van der Waals surface area contributed by atoms with Crippen molar-refractivity contribution in [2.24, 2.45) is 0 Å². The molecule has 0 radical (unpaired) electrons. The molecule has 2 N–H and O–H groups in total. The Hall–Kier alpha value is -0.790. The first-order valence-corrected chi connectivity index (χ1v) is 8.66. The fraction of sp³-hybridized carbons (Fsp3) is 0.545. The lowest BCUT2D eigenvalue weighted by Crippen LogP contribution is -2.25. The molecule has 1 heterocycles. The lowest BCUT2D eigenvalue weighted by atomic mass is 10.4. The number of hydrogen-bond donors (Lipinski definition) is 2. The van der Waals surface area contributed by atoms with Crippen molar-refractivity contribution in [3.8, 4) is 0 Å². The lowest BCUT2D eigenvalue weighted by molar-refractivity contribution is 0.581. The smallest absolute Gasteiger partial charge is 0.240 e. The molecule has 0 atom stereocenters. The van der Waals surface area contributed by atoms with Crippen LogP contribution < -0.4 is 10.0 Å². The molecule has 0 unspecified atom stereocenters. The number of nitrogens with one attached hydrogen (secondary N) is 2. The molecule has 0 saturated heterocycles. The predicted molar refractivity (Wildman–Crippen MR) is 76.6 cm³/mol. The highest BCUT2D eigenvalue weighted by atomic mass is 32.2. The van der Waals surface area contributed by atoms with Gasteiger partial charge in [0.05, 0.1) is 4.90 Å². The Bertz CT molecular complexity index is 463. The van der Waals surface area contributed by atoms with Gasteiger partial charge in [0, 0.05) is 25.4 Å². The maximum Gasteiger partial charge on any atom is 0.240 e. The zero-order valence-electron chi connectivity index (χ0n) is 10.6. The summed E-state index contributed by atoms with van der Waals surface area (Å²) in [6, 6.07) is 3.04. The van der Waals surface area contributed by atoms with Crippen LogP contribution in [0.25, 0.3) is 0 Å². The van der Waals surface area contributed by atoms with E-state index in [2.05, 4.69) is 15.0 Å². The average molecular weight is 289 g/mol. The third-order valence-corrected chi connectivity index (χ3v) is 4.37. The van der Waals surface area contributed by atoms with Crippen molar-refractivity contribution in [3.63, 3.8) is 0 Å². The molecule has 0 aliphatic rings. The molecule has 18 heavy (non-hydrogen) atoms. The Kier molecular flexibility index (Phi) is 6.45. The fourth-order valence-corrected chi connectivity index (χ4v) is 2.88. The molecule has 5 nitrogen and oxygen atoms in total. The summed E-state index contributed by atoms with van der Waals surface area (Å²) in [5, 5.41) is 2.99. The van der Waals surface area contributed by atoms with Crippen LogP contribution in [0.2, 0.25) is 0 Å². The second kappa shape index (κ2) is 7.60. The van der Waals surface area contributed by atoms with Gasteiger partial charge in [-0.05, 0) is 31.4 Å². The van der Waals surface area contributed by atoms with Gasteiger partial charge in [0.15, 0.2) is 0 Å². The molecule has 1 aromatic rings. The second-order valence-corrected chi connectivity index (χ2v) is 6.40. The van der Waals surface area contributed by atoms with Gasteiger partial charge in [-0.2, -0.15) is 11.8 Å². The largest absolute Gasteiger partial charge is 0.370 e. The van der Waals surface area contributed by atoms with Gasteiger partial charge in [-0.15, -0.1) is 0 Å². The van der Waals surface area contributed by atoms with Gasteiger partial charge in [-0.25, -0.2) is 18.1 Å². The predicted octanol–water partition coefficient (Wildman–Crippen LogP) is 1.54. The van der Waals surface area contributed by atoms with Gasteiger partial charge in [0.2, 0.25) is 10.0 Å². The Labute approximate surface area is 113 Å². The molecule has 0 bridgehead atoms. The molecule has 102 valence electrons. The van der Waals surface area contributed by atoms with Gasteiger partial charge >= 0.3 is 0 Å². The topological polar surface area (TPSA) is 71.1 Å². The van der Waals surface area contributed by atoms with E-state index in [1.807, 2.05) is 13.2 Å². The van der Waals surface area contributed by atoms with Crippen LogP contribution in [0.1, 0.15) is 13.3 Å². The van der Waals surface area contributed by atoms with E-state index >= 15 is 0 Å². The highest BCUT2D eigenvalue weighted by Gasteiger charge is 2.13. The number of nitrogens with zero attached hydrogens (tertiary/aromatic N) is 1.